The van der Waals surface area contributed by atoms with E-state index in [0.717, 1.165) is 0 Å². The number of rotatable bonds is 3. The van der Waals surface area contributed by atoms with Gasteiger partial charge in [0.25, 0.3) is 0 Å². The Morgan fingerprint density at radius 3 is 2.46 bits per heavy atom. The molecule has 0 aliphatic heterocycles. The van der Waals surface area contributed by atoms with E-state index in [9.17, 15) is 4.79 Å². The Morgan fingerprint density at radius 2 is 1.92 bits per heavy atom. The van der Waals surface area contributed by atoms with Crippen LogP contribution in [0, 0.1) is 12.3 Å². The summed E-state index contributed by atoms with van der Waals surface area (Å²) in [5.74, 6) is 0.343. The Balaban J connectivity index is 2.21. The Hall–Kier alpha value is -0.530. The Morgan fingerprint density at radius 1 is 1.31 bits per heavy atom. The van der Waals surface area contributed by atoms with Crippen molar-refractivity contribution in [1.29, 1.82) is 0 Å². The van der Waals surface area contributed by atoms with Crippen molar-refractivity contribution >= 4 is 5.97 Å². The van der Waals surface area contributed by atoms with Crippen molar-refractivity contribution in [2.24, 2.45) is 5.92 Å². The zero-order valence-corrected chi connectivity index (χ0v) is 8.42. The quantitative estimate of drug-likeness (QED) is 0.496. The van der Waals surface area contributed by atoms with Crippen LogP contribution in [0.25, 0.3) is 0 Å². The minimum absolute atomic E-state index is 0.130. The molecule has 0 atom stereocenters. The molecule has 2 heteroatoms. The third kappa shape index (κ3) is 4.30. The highest BCUT2D eigenvalue weighted by Crippen LogP contribution is 2.24. The van der Waals surface area contributed by atoms with Gasteiger partial charge in [0.1, 0.15) is 0 Å². The molecule has 0 bridgehead atoms. The smallest absolute Gasteiger partial charge is 0.310 e. The molecule has 75 valence electrons. The Kier molecular flexibility index (Phi) is 4.87. The maximum atomic E-state index is 11.1. The average molecular weight is 183 g/mol. The fourth-order valence-corrected chi connectivity index (χ4v) is 1.86. The molecule has 0 aromatic rings. The highest BCUT2D eigenvalue weighted by atomic mass is 16.5. The van der Waals surface area contributed by atoms with Crippen LogP contribution in [0.5, 0.6) is 0 Å². The van der Waals surface area contributed by atoms with E-state index in [1.54, 1.807) is 6.42 Å². The molecule has 1 aliphatic carbocycles. The first kappa shape index (κ1) is 10.6. The molecular formula is C11H19O2. The van der Waals surface area contributed by atoms with Gasteiger partial charge >= 0.3 is 5.97 Å². The van der Waals surface area contributed by atoms with Crippen LogP contribution >= 0.6 is 0 Å². The Bertz CT molecular complexity index is 146. The predicted molar refractivity (Wildman–Crippen MR) is 52.1 cm³/mol. The molecule has 0 spiro atoms. The van der Waals surface area contributed by atoms with Crippen LogP contribution in [0.2, 0.25) is 0 Å². The van der Waals surface area contributed by atoms with Crippen molar-refractivity contribution in [1.82, 2.24) is 0 Å². The van der Waals surface area contributed by atoms with Crippen molar-refractivity contribution in [3.05, 3.63) is 6.42 Å². The van der Waals surface area contributed by atoms with Crippen LogP contribution in [0.15, 0.2) is 0 Å². The van der Waals surface area contributed by atoms with Gasteiger partial charge in [-0.1, -0.05) is 25.7 Å². The molecule has 2 nitrogen and oxygen atoms in total. The zero-order chi connectivity index (χ0) is 9.52. The standard InChI is InChI=1S/C11H19O2/c1-2-13-11(12)9-10-7-5-3-4-6-8-10/h9-10H,2-8H2,1H3. The second-order valence-corrected chi connectivity index (χ2v) is 3.67. The van der Waals surface area contributed by atoms with Crippen LogP contribution in [-0.2, 0) is 9.53 Å². The number of ether oxygens (including phenoxy) is 1. The molecular weight excluding hydrogens is 164 g/mol. The van der Waals surface area contributed by atoms with Crippen molar-refractivity contribution in [3.8, 4) is 0 Å². The summed E-state index contributed by atoms with van der Waals surface area (Å²) in [6.45, 7) is 2.33. The van der Waals surface area contributed by atoms with Gasteiger partial charge in [0.05, 0.1) is 13.0 Å². The first-order valence-electron chi connectivity index (χ1n) is 5.34. The van der Waals surface area contributed by atoms with Gasteiger partial charge in [-0.2, -0.15) is 0 Å². The first-order chi connectivity index (χ1) is 6.33. The van der Waals surface area contributed by atoms with Crippen molar-refractivity contribution in [3.63, 3.8) is 0 Å². The van der Waals surface area contributed by atoms with Crippen molar-refractivity contribution < 1.29 is 9.53 Å². The molecule has 1 radical (unpaired) electrons. The van der Waals surface area contributed by atoms with Crippen LogP contribution < -0.4 is 0 Å². The lowest BCUT2D eigenvalue weighted by Gasteiger charge is -2.11. The van der Waals surface area contributed by atoms with Crippen LogP contribution in [-0.4, -0.2) is 12.6 Å². The molecule has 0 aromatic heterocycles. The van der Waals surface area contributed by atoms with Crippen molar-refractivity contribution in [2.45, 2.75) is 45.4 Å². The molecule has 0 aromatic carbocycles. The third-order valence-electron chi connectivity index (χ3n) is 2.56. The molecule has 1 saturated carbocycles. The lowest BCUT2D eigenvalue weighted by atomic mass is 9.97. The molecule has 13 heavy (non-hydrogen) atoms. The molecule has 0 amide bonds. The van der Waals surface area contributed by atoms with Crippen LogP contribution in [0.4, 0.5) is 0 Å². The number of hydrogen-bond donors (Lipinski definition) is 0. The molecule has 1 aliphatic rings. The molecule has 1 rings (SSSR count). The van der Waals surface area contributed by atoms with Gasteiger partial charge in [0.15, 0.2) is 0 Å². The summed E-state index contributed by atoms with van der Waals surface area (Å²) in [5.41, 5.74) is 0. The maximum absolute atomic E-state index is 11.1. The van der Waals surface area contributed by atoms with Gasteiger partial charge in [0.2, 0.25) is 0 Å². The average Bonchev–Trinajstić information content (AvgIpc) is 2.33. The van der Waals surface area contributed by atoms with E-state index in [2.05, 4.69) is 0 Å². The number of hydrogen-bond acceptors (Lipinski definition) is 2. The predicted octanol–water partition coefficient (Wildman–Crippen LogP) is 2.72. The lowest BCUT2D eigenvalue weighted by molar-refractivity contribution is -0.139. The lowest BCUT2D eigenvalue weighted by Crippen LogP contribution is -2.12. The van der Waals surface area contributed by atoms with E-state index in [1.165, 1.54) is 38.5 Å². The van der Waals surface area contributed by atoms with Crippen LogP contribution in [0.1, 0.15) is 45.4 Å². The van der Waals surface area contributed by atoms with E-state index < -0.39 is 0 Å². The molecule has 0 unspecified atom stereocenters. The maximum Gasteiger partial charge on any atom is 0.310 e. The van der Waals surface area contributed by atoms with Crippen molar-refractivity contribution in [2.75, 3.05) is 6.61 Å². The largest absolute Gasteiger partial charge is 0.466 e. The molecule has 0 heterocycles. The van der Waals surface area contributed by atoms with E-state index in [1.807, 2.05) is 6.92 Å². The topological polar surface area (TPSA) is 26.3 Å². The molecule has 0 saturated heterocycles. The summed E-state index contributed by atoms with van der Waals surface area (Å²) >= 11 is 0. The summed E-state index contributed by atoms with van der Waals surface area (Å²) in [6.07, 6.45) is 9.29. The highest BCUT2D eigenvalue weighted by molar-refractivity contribution is 5.79. The molecule has 0 N–H and O–H groups in total. The third-order valence-corrected chi connectivity index (χ3v) is 2.56. The number of esters is 1. The fraction of sp³-hybridized carbons (Fsp3) is 0.818. The second kappa shape index (κ2) is 6.01. The number of carbonyl (C=O) groups excluding carboxylic acids is 1. The zero-order valence-electron chi connectivity index (χ0n) is 8.42. The normalized spacial score (nSPS) is 19.5. The van der Waals surface area contributed by atoms with Gasteiger partial charge in [-0.25, -0.2) is 0 Å². The van der Waals surface area contributed by atoms with Gasteiger partial charge < -0.3 is 4.74 Å². The van der Waals surface area contributed by atoms with Gasteiger partial charge in [-0.3, -0.25) is 4.79 Å². The highest BCUT2D eigenvalue weighted by Gasteiger charge is 2.16. The summed E-state index contributed by atoms with van der Waals surface area (Å²) in [4.78, 5) is 11.1. The summed E-state index contributed by atoms with van der Waals surface area (Å²) < 4.78 is 4.89. The van der Waals surface area contributed by atoms with Gasteiger partial charge in [0, 0.05) is 0 Å². The van der Waals surface area contributed by atoms with Crippen LogP contribution in [0.3, 0.4) is 0 Å². The molecule has 1 fully saturated rings. The monoisotopic (exact) mass is 183 g/mol. The SMILES string of the molecule is CCOC(=O)[CH]C1CCCCCC1. The Labute approximate surface area is 80.7 Å². The van der Waals surface area contributed by atoms with E-state index in [-0.39, 0.29) is 5.97 Å². The van der Waals surface area contributed by atoms with Gasteiger partial charge in [-0.15, -0.1) is 0 Å². The minimum Gasteiger partial charge on any atom is -0.466 e. The fourth-order valence-electron chi connectivity index (χ4n) is 1.86. The van der Waals surface area contributed by atoms with Gasteiger partial charge in [-0.05, 0) is 25.7 Å². The van der Waals surface area contributed by atoms with E-state index in [0.29, 0.717) is 12.5 Å². The first-order valence-corrected chi connectivity index (χ1v) is 5.34. The summed E-state index contributed by atoms with van der Waals surface area (Å²) in [6, 6.07) is 0. The minimum atomic E-state index is -0.130. The second-order valence-electron chi connectivity index (χ2n) is 3.67. The summed E-state index contributed by atoms with van der Waals surface area (Å²) in [5, 5.41) is 0. The summed E-state index contributed by atoms with van der Waals surface area (Å²) in [7, 11) is 0. The number of carbonyl (C=O) groups is 1. The van der Waals surface area contributed by atoms with E-state index >= 15 is 0 Å². The van der Waals surface area contributed by atoms with E-state index in [4.69, 9.17) is 4.74 Å².